The number of Topliss-reactive ketones (excluding diaryl/α,β-unsaturated/α-hetero) is 1. The van der Waals surface area contributed by atoms with Crippen molar-refractivity contribution in [1.29, 1.82) is 0 Å². The zero-order valence-corrected chi connectivity index (χ0v) is 12.6. The van der Waals surface area contributed by atoms with E-state index < -0.39 is 5.60 Å². The molecule has 0 saturated heterocycles. The molecule has 3 aromatic carbocycles. The van der Waals surface area contributed by atoms with Crippen LogP contribution in [0.1, 0.15) is 27.9 Å². The molecule has 0 aliphatic heterocycles. The van der Waals surface area contributed by atoms with Gasteiger partial charge in [-0.25, -0.2) is 0 Å². The summed E-state index contributed by atoms with van der Waals surface area (Å²) in [5.74, 6) is -0.206. The second kappa shape index (κ2) is 5.18. The van der Waals surface area contributed by atoms with E-state index in [9.17, 15) is 9.90 Å². The van der Waals surface area contributed by atoms with Crippen LogP contribution in [0, 0.1) is 0 Å². The molecule has 0 fully saturated rings. The third-order valence-electron chi connectivity index (χ3n) is 4.49. The molecule has 23 heavy (non-hydrogen) atoms. The van der Waals surface area contributed by atoms with E-state index in [0.29, 0.717) is 11.1 Å². The van der Waals surface area contributed by atoms with Crippen molar-refractivity contribution >= 4 is 22.6 Å². The van der Waals surface area contributed by atoms with Gasteiger partial charge < -0.3 is 5.11 Å². The maximum absolute atomic E-state index is 12.8. The number of rotatable bonds is 3. The van der Waals surface area contributed by atoms with Crippen LogP contribution in [0.2, 0.25) is 0 Å². The Morgan fingerprint density at radius 1 is 0.913 bits per heavy atom. The van der Waals surface area contributed by atoms with Crippen molar-refractivity contribution in [3.63, 3.8) is 0 Å². The van der Waals surface area contributed by atoms with Crippen LogP contribution in [0.15, 0.2) is 72.8 Å². The van der Waals surface area contributed by atoms with Crippen LogP contribution in [0.4, 0.5) is 0 Å². The van der Waals surface area contributed by atoms with Crippen molar-refractivity contribution < 1.29 is 9.90 Å². The highest BCUT2D eigenvalue weighted by atomic mass is 16.3. The molecular formula is C21H16O2. The molecule has 3 aromatic rings. The Hall–Kier alpha value is -2.71. The number of carbonyl (C=O) groups is 1. The van der Waals surface area contributed by atoms with E-state index in [2.05, 4.69) is 0 Å². The average molecular weight is 300 g/mol. The van der Waals surface area contributed by atoms with Gasteiger partial charge in [0, 0.05) is 17.5 Å². The van der Waals surface area contributed by atoms with Crippen molar-refractivity contribution in [3.8, 4) is 0 Å². The molecule has 0 amide bonds. The first-order valence-corrected chi connectivity index (χ1v) is 7.71. The summed E-state index contributed by atoms with van der Waals surface area (Å²) in [4.78, 5) is 12.8. The standard InChI is InChI=1S/C21H16O2/c22-20-17-12-4-10-16-11-5-13-18(19(16)17)21(20,23)14-6-9-15-7-2-1-3-8-15/h1-13,23H,14H2/b9-6+. The van der Waals surface area contributed by atoms with Gasteiger partial charge in [0.15, 0.2) is 11.4 Å². The lowest BCUT2D eigenvalue weighted by Gasteiger charge is -2.20. The fraction of sp³-hybridized carbons (Fsp3) is 0.0952. The lowest BCUT2D eigenvalue weighted by atomic mass is 9.90. The summed E-state index contributed by atoms with van der Waals surface area (Å²) in [6, 6.07) is 21.2. The van der Waals surface area contributed by atoms with E-state index in [1.165, 1.54) is 0 Å². The summed E-state index contributed by atoms with van der Waals surface area (Å²) < 4.78 is 0. The molecule has 1 unspecified atom stereocenters. The fourth-order valence-electron chi connectivity index (χ4n) is 3.35. The summed E-state index contributed by atoms with van der Waals surface area (Å²) in [6.45, 7) is 0. The van der Waals surface area contributed by atoms with Crippen LogP contribution in [0.3, 0.4) is 0 Å². The molecule has 2 heteroatoms. The second-order valence-electron chi connectivity index (χ2n) is 5.92. The van der Waals surface area contributed by atoms with Crippen LogP contribution in [0.5, 0.6) is 0 Å². The largest absolute Gasteiger partial charge is 0.377 e. The van der Waals surface area contributed by atoms with E-state index in [1.54, 1.807) is 6.07 Å². The SMILES string of the molecule is O=C1c2cccc3cccc(c23)C1(O)C/C=C/c1ccccc1. The topological polar surface area (TPSA) is 37.3 Å². The second-order valence-corrected chi connectivity index (χ2v) is 5.92. The van der Waals surface area contributed by atoms with Crippen LogP contribution in [-0.4, -0.2) is 10.9 Å². The van der Waals surface area contributed by atoms with Gasteiger partial charge in [-0.1, -0.05) is 78.9 Å². The summed E-state index contributed by atoms with van der Waals surface area (Å²) in [5.41, 5.74) is 0.924. The molecule has 0 heterocycles. The van der Waals surface area contributed by atoms with Gasteiger partial charge in [-0.15, -0.1) is 0 Å². The smallest absolute Gasteiger partial charge is 0.199 e. The van der Waals surface area contributed by atoms with Gasteiger partial charge in [0.2, 0.25) is 0 Å². The molecule has 0 radical (unpaired) electrons. The van der Waals surface area contributed by atoms with Crippen molar-refractivity contribution in [3.05, 3.63) is 89.5 Å². The molecule has 4 rings (SSSR count). The maximum Gasteiger partial charge on any atom is 0.199 e. The lowest BCUT2D eigenvalue weighted by Crippen LogP contribution is -2.31. The van der Waals surface area contributed by atoms with Gasteiger partial charge in [-0.2, -0.15) is 0 Å². The molecule has 0 spiro atoms. The number of benzene rings is 3. The predicted octanol–water partition coefficient (Wildman–Crippen LogP) is 4.33. The van der Waals surface area contributed by atoms with Gasteiger partial charge in [0.25, 0.3) is 0 Å². The van der Waals surface area contributed by atoms with Crippen LogP contribution in [0.25, 0.3) is 16.8 Å². The number of aliphatic hydroxyl groups is 1. The van der Waals surface area contributed by atoms with Gasteiger partial charge in [-0.05, 0) is 16.3 Å². The van der Waals surface area contributed by atoms with Crippen molar-refractivity contribution in [2.24, 2.45) is 0 Å². The molecule has 112 valence electrons. The minimum atomic E-state index is -1.46. The van der Waals surface area contributed by atoms with Crippen LogP contribution in [-0.2, 0) is 5.60 Å². The molecule has 1 aliphatic carbocycles. The Labute approximate surface area is 134 Å². The highest BCUT2D eigenvalue weighted by Crippen LogP contribution is 2.43. The molecule has 1 atom stereocenters. The molecule has 0 saturated carbocycles. The first-order valence-electron chi connectivity index (χ1n) is 7.71. The molecule has 2 nitrogen and oxygen atoms in total. The van der Waals surface area contributed by atoms with E-state index in [1.807, 2.05) is 72.8 Å². The fourth-order valence-corrected chi connectivity index (χ4v) is 3.35. The minimum Gasteiger partial charge on any atom is -0.377 e. The normalized spacial score (nSPS) is 19.8. The Morgan fingerprint density at radius 3 is 2.43 bits per heavy atom. The third-order valence-corrected chi connectivity index (χ3v) is 4.49. The molecule has 0 bridgehead atoms. The van der Waals surface area contributed by atoms with E-state index in [4.69, 9.17) is 0 Å². The Bertz CT molecular complexity index is 920. The van der Waals surface area contributed by atoms with E-state index in [-0.39, 0.29) is 12.2 Å². The summed E-state index contributed by atoms with van der Waals surface area (Å²) >= 11 is 0. The van der Waals surface area contributed by atoms with Crippen molar-refractivity contribution in [1.82, 2.24) is 0 Å². The van der Waals surface area contributed by atoms with E-state index in [0.717, 1.165) is 16.3 Å². The monoisotopic (exact) mass is 300 g/mol. The minimum absolute atomic E-state index is 0.206. The van der Waals surface area contributed by atoms with Gasteiger partial charge in [-0.3, -0.25) is 4.79 Å². The highest BCUT2D eigenvalue weighted by Gasteiger charge is 2.44. The molecule has 1 aliphatic rings. The van der Waals surface area contributed by atoms with Crippen molar-refractivity contribution in [2.45, 2.75) is 12.0 Å². The molecule has 1 N–H and O–H groups in total. The molecule has 0 aromatic heterocycles. The molecular weight excluding hydrogens is 284 g/mol. The predicted molar refractivity (Wildman–Crippen MR) is 92.3 cm³/mol. The van der Waals surface area contributed by atoms with Crippen LogP contribution >= 0.6 is 0 Å². The third kappa shape index (κ3) is 2.11. The quantitative estimate of drug-likeness (QED) is 0.782. The Kier molecular flexibility index (Phi) is 3.14. The summed E-state index contributed by atoms with van der Waals surface area (Å²) in [7, 11) is 0. The summed E-state index contributed by atoms with van der Waals surface area (Å²) in [6.07, 6.45) is 4.08. The van der Waals surface area contributed by atoms with Crippen molar-refractivity contribution in [2.75, 3.05) is 0 Å². The highest BCUT2D eigenvalue weighted by molar-refractivity contribution is 6.19. The Balaban J connectivity index is 1.73. The number of carbonyl (C=O) groups excluding carboxylic acids is 1. The van der Waals surface area contributed by atoms with Crippen LogP contribution < -0.4 is 0 Å². The number of hydrogen-bond acceptors (Lipinski definition) is 2. The lowest BCUT2D eigenvalue weighted by molar-refractivity contribution is 0.0347. The van der Waals surface area contributed by atoms with E-state index >= 15 is 0 Å². The zero-order chi connectivity index (χ0) is 15.9. The number of ketones is 1. The first-order chi connectivity index (χ1) is 11.2. The first kappa shape index (κ1) is 13.9. The Morgan fingerprint density at radius 2 is 1.65 bits per heavy atom. The number of hydrogen-bond donors (Lipinski definition) is 1. The van der Waals surface area contributed by atoms with Gasteiger partial charge >= 0.3 is 0 Å². The maximum atomic E-state index is 12.8. The average Bonchev–Trinajstić information content (AvgIpc) is 2.81. The zero-order valence-electron chi connectivity index (χ0n) is 12.6. The van der Waals surface area contributed by atoms with Gasteiger partial charge in [0.1, 0.15) is 0 Å². The summed E-state index contributed by atoms with van der Waals surface area (Å²) in [5, 5.41) is 13.0. The van der Waals surface area contributed by atoms with Gasteiger partial charge in [0.05, 0.1) is 0 Å².